The highest BCUT2D eigenvalue weighted by Crippen LogP contribution is 2.13. The Balaban J connectivity index is 1.75. The van der Waals surface area contributed by atoms with Crippen molar-refractivity contribution in [3.8, 4) is 5.69 Å². The highest BCUT2D eigenvalue weighted by atomic mass is 35.5. The monoisotopic (exact) mass is 489 g/mol. The second-order valence-corrected chi connectivity index (χ2v) is 8.67. The molecule has 0 aliphatic carbocycles. The number of pyridine rings is 1. The second kappa shape index (κ2) is 10.5. The molecule has 0 saturated heterocycles. The van der Waals surface area contributed by atoms with Crippen molar-refractivity contribution in [2.24, 2.45) is 0 Å². The summed E-state index contributed by atoms with van der Waals surface area (Å²) in [7, 11) is 0. The molecule has 0 saturated carbocycles. The van der Waals surface area contributed by atoms with E-state index >= 15 is 0 Å². The van der Waals surface area contributed by atoms with Crippen molar-refractivity contribution in [1.82, 2.24) is 24.6 Å². The Hall–Kier alpha value is -4.04. The van der Waals surface area contributed by atoms with Crippen LogP contribution in [0.2, 0.25) is 5.02 Å². The molecule has 178 valence electrons. The lowest BCUT2D eigenvalue weighted by atomic mass is 10.1. The van der Waals surface area contributed by atoms with Crippen LogP contribution >= 0.6 is 11.6 Å². The van der Waals surface area contributed by atoms with Crippen LogP contribution in [0, 0.1) is 13.8 Å². The first-order chi connectivity index (χ1) is 16.8. The summed E-state index contributed by atoms with van der Waals surface area (Å²) in [5.41, 5.74) is 1.97. The first-order valence-corrected chi connectivity index (χ1v) is 11.4. The van der Waals surface area contributed by atoms with Crippen LogP contribution in [0.4, 0.5) is 0 Å². The van der Waals surface area contributed by atoms with Gasteiger partial charge in [0, 0.05) is 29.9 Å². The normalized spacial score (nSPS) is 10.8. The van der Waals surface area contributed by atoms with E-state index in [0.29, 0.717) is 22.7 Å². The molecule has 2 heterocycles. The first-order valence-electron chi connectivity index (χ1n) is 11.1. The van der Waals surface area contributed by atoms with Crippen LogP contribution in [0.5, 0.6) is 0 Å². The van der Waals surface area contributed by atoms with Crippen molar-refractivity contribution in [1.29, 1.82) is 0 Å². The van der Waals surface area contributed by atoms with Gasteiger partial charge < -0.3 is 5.32 Å². The summed E-state index contributed by atoms with van der Waals surface area (Å²) < 4.78 is 2.10. The summed E-state index contributed by atoms with van der Waals surface area (Å²) in [6.45, 7) is 4.00. The molecule has 2 aromatic carbocycles. The third-order valence-corrected chi connectivity index (χ3v) is 5.58. The maximum atomic E-state index is 13.4. The molecule has 0 unspecified atom stereocenters. The van der Waals surface area contributed by atoms with Crippen LogP contribution in [0.1, 0.15) is 32.9 Å². The van der Waals surface area contributed by atoms with Gasteiger partial charge in [-0.2, -0.15) is 9.78 Å². The molecule has 8 nitrogen and oxygen atoms in total. The van der Waals surface area contributed by atoms with Crippen molar-refractivity contribution in [2.45, 2.75) is 26.8 Å². The van der Waals surface area contributed by atoms with Gasteiger partial charge in [-0.15, -0.1) is 0 Å². The molecule has 0 atom stereocenters. The van der Waals surface area contributed by atoms with E-state index in [1.54, 1.807) is 42.6 Å². The maximum absolute atomic E-state index is 13.4. The Labute approximate surface area is 206 Å². The summed E-state index contributed by atoms with van der Waals surface area (Å²) >= 11 is 6.09. The van der Waals surface area contributed by atoms with Crippen LogP contribution in [-0.4, -0.2) is 31.8 Å². The minimum Gasteiger partial charge on any atom is -0.350 e. The molecular weight excluding hydrogens is 466 g/mol. The SMILES string of the molecule is Cc1cc(C)cc(-n2nc(C(=O)NCCc3ccccn3)c(=O)n(Cc3cccc(Cl)c3)c2=O)c1. The molecule has 0 fully saturated rings. The standard InChI is InChI=1S/C26H24ClN5O3/c1-17-12-18(2)14-22(13-17)32-26(35)31(16-19-6-5-7-20(27)15-19)25(34)23(30-32)24(33)29-11-9-21-8-3-4-10-28-21/h3-8,10,12-15H,9,11,16H2,1-2H3,(H,29,33). The third kappa shape index (κ3) is 5.73. The largest absolute Gasteiger partial charge is 0.352 e. The number of hydrogen-bond acceptors (Lipinski definition) is 5. The van der Waals surface area contributed by atoms with Gasteiger partial charge in [0.05, 0.1) is 12.2 Å². The van der Waals surface area contributed by atoms with Gasteiger partial charge in [-0.1, -0.05) is 35.9 Å². The van der Waals surface area contributed by atoms with E-state index in [-0.39, 0.29) is 18.8 Å². The number of carbonyl (C=O) groups excluding carboxylic acids is 1. The zero-order chi connectivity index (χ0) is 24.9. The van der Waals surface area contributed by atoms with E-state index in [1.165, 1.54) is 0 Å². The molecule has 4 aromatic rings. The Morgan fingerprint density at radius 3 is 2.46 bits per heavy atom. The van der Waals surface area contributed by atoms with Crippen molar-refractivity contribution < 1.29 is 4.79 Å². The topological polar surface area (TPSA) is 98.9 Å². The van der Waals surface area contributed by atoms with Crippen LogP contribution in [0.3, 0.4) is 0 Å². The number of halogens is 1. The number of nitrogens with zero attached hydrogens (tertiary/aromatic N) is 4. The van der Waals surface area contributed by atoms with Crippen LogP contribution < -0.4 is 16.6 Å². The molecule has 9 heteroatoms. The fraction of sp³-hybridized carbons (Fsp3) is 0.192. The minimum absolute atomic E-state index is 0.0558. The van der Waals surface area contributed by atoms with Gasteiger partial charge in [0.15, 0.2) is 0 Å². The smallest absolute Gasteiger partial charge is 0.350 e. The quantitative estimate of drug-likeness (QED) is 0.430. The molecule has 0 aliphatic rings. The number of rotatable bonds is 7. The molecule has 2 aromatic heterocycles. The molecule has 0 aliphatic heterocycles. The molecule has 0 radical (unpaired) electrons. The molecule has 4 rings (SSSR count). The Morgan fingerprint density at radius 1 is 1.00 bits per heavy atom. The van der Waals surface area contributed by atoms with Gasteiger partial charge in [0.2, 0.25) is 5.69 Å². The summed E-state index contributed by atoms with van der Waals surface area (Å²) in [6, 6.07) is 17.9. The molecule has 1 N–H and O–H groups in total. The second-order valence-electron chi connectivity index (χ2n) is 8.24. The fourth-order valence-electron chi connectivity index (χ4n) is 3.79. The first kappa shape index (κ1) is 24.1. The minimum atomic E-state index is -0.772. The van der Waals surface area contributed by atoms with E-state index in [4.69, 9.17) is 11.6 Å². The van der Waals surface area contributed by atoms with E-state index in [1.807, 2.05) is 38.1 Å². The van der Waals surface area contributed by atoms with Gasteiger partial charge in [0.1, 0.15) is 0 Å². The van der Waals surface area contributed by atoms with Crippen LogP contribution in [-0.2, 0) is 13.0 Å². The Bertz CT molecular complexity index is 1480. The molecule has 0 bridgehead atoms. The summed E-state index contributed by atoms with van der Waals surface area (Å²) in [4.78, 5) is 43.8. The highest BCUT2D eigenvalue weighted by molar-refractivity contribution is 6.30. The van der Waals surface area contributed by atoms with Crippen molar-refractivity contribution in [3.63, 3.8) is 0 Å². The average Bonchev–Trinajstić information content (AvgIpc) is 2.82. The lowest BCUT2D eigenvalue weighted by Crippen LogP contribution is -2.46. The van der Waals surface area contributed by atoms with E-state index < -0.39 is 17.2 Å². The number of amides is 1. The van der Waals surface area contributed by atoms with Gasteiger partial charge in [-0.25, -0.2) is 4.79 Å². The number of hydrogen-bond donors (Lipinski definition) is 1. The molecular formula is C26H24ClN5O3. The number of carbonyl (C=O) groups is 1. The third-order valence-electron chi connectivity index (χ3n) is 5.35. The van der Waals surface area contributed by atoms with E-state index in [2.05, 4.69) is 15.4 Å². The summed E-state index contributed by atoms with van der Waals surface area (Å²) in [5, 5.41) is 7.38. The van der Waals surface area contributed by atoms with Crippen molar-refractivity contribution >= 4 is 17.5 Å². The summed E-state index contributed by atoms with van der Waals surface area (Å²) in [6.07, 6.45) is 2.16. The Morgan fingerprint density at radius 2 is 1.77 bits per heavy atom. The fourth-order valence-corrected chi connectivity index (χ4v) is 4.00. The van der Waals surface area contributed by atoms with Gasteiger partial charge in [-0.3, -0.25) is 19.1 Å². The van der Waals surface area contributed by atoms with Crippen LogP contribution in [0.15, 0.2) is 76.4 Å². The van der Waals surface area contributed by atoms with Gasteiger partial charge in [0.25, 0.3) is 11.5 Å². The zero-order valence-electron chi connectivity index (χ0n) is 19.4. The van der Waals surface area contributed by atoms with Crippen molar-refractivity contribution in [3.05, 3.63) is 121 Å². The summed E-state index contributed by atoms with van der Waals surface area (Å²) in [5.74, 6) is -0.663. The zero-order valence-corrected chi connectivity index (χ0v) is 20.1. The Kier molecular flexibility index (Phi) is 7.22. The van der Waals surface area contributed by atoms with Crippen LogP contribution in [0.25, 0.3) is 5.69 Å². The van der Waals surface area contributed by atoms with Crippen molar-refractivity contribution in [2.75, 3.05) is 6.54 Å². The molecule has 35 heavy (non-hydrogen) atoms. The number of aromatic nitrogens is 4. The number of nitrogens with one attached hydrogen (secondary N) is 1. The predicted molar refractivity (Wildman–Crippen MR) is 134 cm³/mol. The predicted octanol–water partition coefficient (Wildman–Crippen LogP) is 3.08. The number of aryl methyl sites for hydroxylation is 2. The van der Waals surface area contributed by atoms with E-state index in [9.17, 15) is 14.4 Å². The lowest BCUT2D eigenvalue weighted by molar-refractivity contribution is 0.0944. The van der Waals surface area contributed by atoms with E-state index in [0.717, 1.165) is 26.1 Å². The number of benzene rings is 2. The lowest BCUT2D eigenvalue weighted by Gasteiger charge is -2.13. The van der Waals surface area contributed by atoms with Gasteiger partial charge >= 0.3 is 5.69 Å². The van der Waals surface area contributed by atoms with Gasteiger partial charge in [-0.05, 0) is 66.9 Å². The molecule has 0 spiro atoms. The highest BCUT2D eigenvalue weighted by Gasteiger charge is 2.20. The average molecular weight is 490 g/mol. The maximum Gasteiger partial charge on any atom is 0.352 e. The molecule has 1 amide bonds.